The lowest BCUT2D eigenvalue weighted by atomic mass is 9.69. The fourth-order valence-corrected chi connectivity index (χ4v) is 7.49. The van der Waals surface area contributed by atoms with Crippen LogP contribution < -0.4 is 21.3 Å². The summed E-state index contributed by atoms with van der Waals surface area (Å²) < 4.78 is 0. The molecule has 10 heteroatoms. The van der Waals surface area contributed by atoms with E-state index in [0.29, 0.717) is 71.3 Å². The molecule has 1 saturated carbocycles. The highest BCUT2D eigenvalue weighted by atomic mass is 16.3. The fourth-order valence-electron chi connectivity index (χ4n) is 7.49. The first-order valence-electron chi connectivity index (χ1n) is 17.9. The quantitative estimate of drug-likeness (QED) is 0.213. The summed E-state index contributed by atoms with van der Waals surface area (Å²) in [6.45, 7) is 5.80. The van der Waals surface area contributed by atoms with Crippen molar-refractivity contribution in [3.8, 4) is 11.5 Å². The molecule has 0 saturated heterocycles. The number of aromatic hydroxyl groups is 2. The van der Waals surface area contributed by atoms with Gasteiger partial charge in [0.05, 0.1) is 21.5 Å². The number of rotatable bonds is 0. The van der Waals surface area contributed by atoms with E-state index in [1.807, 2.05) is 36.4 Å². The number of phenolic OH excluding ortho intramolecular Hbond substituents is 2. The van der Waals surface area contributed by atoms with Crippen molar-refractivity contribution >= 4 is 33.4 Å². The minimum Gasteiger partial charge on any atom is -0.507 e. The lowest BCUT2D eigenvalue weighted by Crippen LogP contribution is -2.39. The molecule has 0 unspecified atom stereocenters. The number of nitrogens with one attached hydrogen (secondary N) is 2. The van der Waals surface area contributed by atoms with Crippen LogP contribution in [0.1, 0.15) is 70.6 Å². The number of phenols is 2. The van der Waals surface area contributed by atoms with E-state index in [4.69, 9.17) is 9.98 Å². The van der Waals surface area contributed by atoms with Gasteiger partial charge in [0.25, 0.3) is 0 Å². The van der Waals surface area contributed by atoms with Crippen LogP contribution in [0.15, 0.2) is 46.4 Å². The Morgan fingerprint density at radius 2 is 1.06 bits per heavy atom. The molecule has 0 aromatic heterocycles. The van der Waals surface area contributed by atoms with Crippen molar-refractivity contribution in [1.29, 1.82) is 0 Å². The highest BCUT2D eigenvalue weighted by Crippen LogP contribution is 2.42. The third kappa shape index (κ3) is 9.23. The Hall–Kier alpha value is -3.76. The van der Waals surface area contributed by atoms with Gasteiger partial charge in [-0.1, -0.05) is 43.5 Å². The molecule has 48 heavy (non-hydrogen) atoms. The van der Waals surface area contributed by atoms with Crippen molar-refractivity contribution in [2.24, 2.45) is 15.4 Å². The van der Waals surface area contributed by atoms with Gasteiger partial charge in [-0.2, -0.15) is 0 Å². The van der Waals surface area contributed by atoms with Gasteiger partial charge >= 0.3 is 0 Å². The molecule has 3 aromatic rings. The van der Waals surface area contributed by atoms with Gasteiger partial charge in [-0.05, 0) is 96.3 Å². The average molecular weight is 659 g/mol. The van der Waals surface area contributed by atoms with Gasteiger partial charge in [0.1, 0.15) is 11.5 Å². The topological polar surface area (TPSA) is 130 Å². The second-order valence-electron chi connectivity index (χ2n) is 14.0. The van der Waals surface area contributed by atoms with Crippen molar-refractivity contribution in [3.05, 3.63) is 47.1 Å². The highest BCUT2D eigenvalue weighted by Gasteiger charge is 2.36. The second-order valence-corrected chi connectivity index (χ2v) is 14.0. The molecule has 3 aromatic carbocycles. The molecule has 0 radical (unpaired) electrons. The van der Waals surface area contributed by atoms with Gasteiger partial charge in [-0.25, -0.2) is 0 Å². The van der Waals surface area contributed by atoms with E-state index in [-0.39, 0.29) is 28.7 Å². The first kappa shape index (κ1) is 35.5. The van der Waals surface area contributed by atoms with Crippen LogP contribution in [0.2, 0.25) is 0 Å². The molecule has 1 spiro atoms. The summed E-state index contributed by atoms with van der Waals surface area (Å²) in [6, 6.07) is 11.1. The zero-order valence-corrected chi connectivity index (χ0v) is 28.9. The summed E-state index contributed by atoms with van der Waals surface area (Å²) in [5, 5.41) is 32.7. The second kappa shape index (κ2) is 17.1. The number of carbonyl (C=O) groups is 2. The Labute approximate surface area is 284 Å². The lowest BCUT2D eigenvalue weighted by Gasteiger charge is -2.36. The molecule has 6 rings (SSSR count). The van der Waals surface area contributed by atoms with Crippen molar-refractivity contribution < 1.29 is 19.8 Å². The smallest absolute Gasteiger partial charge is 0.220 e. The van der Waals surface area contributed by atoms with Crippen LogP contribution in [-0.4, -0.2) is 98.3 Å². The predicted molar refractivity (Wildman–Crippen MR) is 191 cm³/mol. The number of fused-ring (bicyclic) bond motifs is 20. The van der Waals surface area contributed by atoms with Crippen LogP contribution in [0.4, 0.5) is 0 Å². The molecule has 260 valence electrons. The molecular formula is C38H54N6O4. The van der Waals surface area contributed by atoms with E-state index >= 15 is 0 Å². The lowest BCUT2D eigenvalue weighted by molar-refractivity contribution is -0.127. The summed E-state index contributed by atoms with van der Waals surface area (Å²) in [7, 11) is 4.15. The largest absolute Gasteiger partial charge is 0.507 e. The number of hydrogen-bond donors (Lipinski definition) is 4. The van der Waals surface area contributed by atoms with Gasteiger partial charge in [-0.15, -0.1) is 0 Å². The number of nitrogens with zero attached hydrogens (tertiary/aromatic N) is 4. The van der Waals surface area contributed by atoms with Crippen molar-refractivity contribution in [1.82, 2.24) is 20.4 Å². The molecule has 1 aliphatic carbocycles. The summed E-state index contributed by atoms with van der Waals surface area (Å²) in [6.07, 6.45) is 9.40. The first-order chi connectivity index (χ1) is 23.3. The van der Waals surface area contributed by atoms with Crippen molar-refractivity contribution in [2.75, 3.05) is 66.5 Å². The Bertz CT molecular complexity index is 1570. The van der Waals surface area contributed by atoms with Crippen LogP contribution in [0.25, 0.3) is 21.5 Å². The summed E-state index contributed by atoms with van der Waals surface area (Å²) in [5.41, 5.74) is -0.238. The first-order valence-corrected chi connectivity index (χ1v) is 17.9. The zero-order chi connectivity index (χ0) is 33.9. The van der Waals surface area contributed by atoms with Crippen LogP contribution >= 0.6 is 0 Å². The molecule has 4 N–H and O–H groups in total. The summed E-state index contributed by atoms with van der Waals surface area (Å²) >= 11 is 0. The van der Waals surface area contributed by atoms with E-state index in [1.165, 1.54) is 6.42 Å². The van der Waals surface area contributed by atoms with E-state index < -0.39 is 0 Å². The molecule has 3 aliphatic rings. The predicted octanol–water partition coefficient (Wildman–Crippen LogP) is 4.04. The summed E-state index contributed by atoms with van der Waals surface area (Å²) in [5.74, 6) is 0.324. The maximum absolute atomic E-state index is 13.0. The molecule has 10 nitrogen and oxygen atoms in total. The molecule has 2 amide bonds. The van der Waals surface area contributed by atoms with Gasteiger partial charge in [0.2, 0.25) is 11.8 Å². The molecular weight excluding hydrogens is 604 g/mol. The molecule has 2 aliphatic heterocycles. The summed E-state index contributed by atoms with van der Waals surface area (Å²) in [4.78, 5) is 40.2. The molecule has 0 atom stereocenters. The van der Waals surface area contributed by atoms with E-state index in [0.717, 1.165) is 77.5 Å². The minimum absolute atomic E-state index is 0.0524. The minimum atomic E-state index is -0.238. The molecule has 2 heterocycles. The maximum atomic E-state index is 13.0. The SMILES string of the molecule is CN1CCCN=c2cccc3c(O)c4c(cccc4c(O)c23)=NCCCN(C)CCCNC(=O)CC2(CCCCC2)CC(=O)NCCC1. The average Bonchev–Trinajstić information content (AvgIpc) is 3.07. The van der Waals surface area contributed by atoms with Crippen LogP contribution in [-0.2, 0) is 9.59 Å². The van der Waals surface area contributed by atoms with Crippen LogP contribution in [0.5, 0.6) is 11.5 Å². The van der Waals surface area contributed by atoms with E-state index in [9.17, 15) is 19.8 Å². The third-order valence-electron chi connectivity index (χ3n) is 10.1. The van der Waals surface area contributed by atoms with Gasteiger partial charge in [0.15, 0.2) is 0 Å². The Kier molecular flexibility index (Phi) is 12.6. The Balaban J connectivity index is 1.33. The van der Waals surface area contributed by atoms with Crippen molar-refractivity contribution in [2.45, 2.75) is 70.6 Å². The third-order valence-corrected chi connectivity index (χ3v) is 10.1. The van der Waals surface area contributed by atoms with E-state index in [2.05, 4.69) is 34.5 Å². The van der Waals surface area contributed by atoms with Gasteiger partial charge in [-0.3, -0.25) is 19.6 Å². The highest BCUT2D eigenvalue weighted by molar-refractivity contribution is 6.10. The standard InChI is InChI=1S/C38H54N6O4/c1-43-22-8-18-39-30-14-6-12-28-34(30)36(47)29-13-7-15-31(35(29)37(28)48)40-19-9-23-44(2)25-11-21-42-33(46)27-38(16-4-3-5-17-38)26-32(45)41-20-10-24-43/h6-7,12-15,47-48H,3-5,8-11,16-27H2,1-2H3,(H,41,45)(H,42,46). The number of benzene rings is 3. The zero-order valence-electron chi connectivity index (χ0n) is 28.9. The number of amides is 2. The van der Waals surface area contributed by atoms with Crippen LogP contribution in [0, 0.1) is 5.41 Å². The maximum Gasteiger partial charge on any atom is 0.220 e. The van der Waals surface area contributed by atoms with Crippen molar-refractivity contribution in [3.63, 3.8) is 0 Å². The molecule has 6 bridgehead atoms. The fraction of sp³-hybridized carbons (Fsp3) is 0.579. The molecule has 1 fully saturated rings. The number of carbonyl (C=O) groups excluding carboxylic acids is 2. The monoisotopic (exact) mass is 658 g/mol. The Morgan fingerprint density at radius 3 is 1.52 bits per heavy atom. The normalized spacial score (nSPS) is 20.9. The Morgan fingerprint density at radius 1 is 0.625 bits per heavy atom. The van der Waals surface area contributed by atoms with E-state index in [1.54, 1.807) is 0 Å². The van der Waals surface area contributed by atoms with Gasteiger partial charge in [0, 0.05) is 49.8 Å². The number of hydrogen-bond acceptors (Lipinski definition) is 8. The van der Waals surface area contributed by atoms with Gasteiger partial charge < -0.3 is 30.6 Å². The van der Waals surface area contributed by atoms with Crippen LogP contribution in [0.3, 0.4) is 0 Å².